The van der Waals surface area contributed by atoms with E-state index in [1.54, 1.807) is 22.8 Å². The van der Waals surface area contributed by atoms with Gasteiger partial charge in [-0.2, -0.15) is 0 Å². The van der Waals surface area contributed by atoms with Crippen LogP contribution in [0.3, 0.4) is 0 Å². The molecule has 4 aliphatic rings. The maximum Gasteiger partial charge on any atom is 0.312 e. The maximum absolute atomic E-state index is 14.7. The van der Waals surface area contributed by atoms with Crippen LogP contribution in [-0.2, 0) is 35.0 Å². The van der Waals surface area contributed by atoms with Crippen LogP contribution < -0.4 is 0 Å². The predicted molar refractivity (Wildman–Crippen MR) is 155 cm³/mol. The Bertz CT molecular complexity index is 1160. The average Bonchev–Trinajstić information content (AvgIpc) is 3.51. The Kier molecular flexibility index (Phi) is 9.08. The fraction of sp³-hybridized carbons (Fsp3) is 0.656. The molecule has 230 valence electrons. The molecule has 0 saturated carbocycles. The van der Waals surface area contributed by atoms with Gasteiger partial charge < -0.3 is 29.1 Å². The van der Waals surface area contributed by atoms with E-state index in [0.717, 1.165) is 18.7 Å². The number of fused-ring (bicyclic) bond motifs is 1. The van der Waals surface area contributed by atoms with Crippen molar-refractivity contribution in [2.75, 3.05) is 59.2 Å². The molecule has 1 spiro atoms. The summed E-state index contributed by atoms with van der Waals surface area (Å²) in [5.74, 6) is -2.85. The highest BCUT2D eigenvalue weighted by molar-refractivity contribution is 5.99. The molecule has 1 aromatic rings. The second kappa shape index (κ2) is 12.4. The van der Waals surface area contributed by atoms with Crippen molar-refractivity contribution in [3.8, 4) is 0 Å². The van der Waals surface area contributed by atoms with Gasteiger partial charge in [0.05, 0.1) is 44.0 Å². The second-order valence-corrected chi connectivity index (χ2v) is 12.3. The van der Waals surface area contributed by atoms with Gasteiger partial charge in [0.1, 0.15) is 17.6 Å². The molecule has 1 N–H and O–H groups in total. The predicted octanol–water partition coefficient (Wildman–Crippen LogP) is 1.51. The van der Waals surface area contributed by atoms with Crippen LogP contribution in [0.5, 0.6) is 0 Å². The van der Waals surface area contributed by atoms with Crippen molar-refractivity contribution in [1.29, 1.82) is 0 Å². The van der Waals surface area contributed by atoms with Crippen molar-refractivity contribution >= 4 is 17.8 Å². The first-order chi connectivity index (χ1) is 20.2. The average molecular weight is 584 g/mol. The van der Waals surface area contributed by atoms with Crippen molar-refractivity contribution < 1.29 is 33.7 Å². The largest absolute Gasteiger partial charge is 0.466 e. The highest BCUT2D eigenvalue weighted by atomic mass is 16.6. The molecular weight excluding hydrogens is 538 g/mol. The number of hydrogen-bond acceptors (Lipinski definition) is 8. The quantitative estimate of drug-likeness (QED) is 0.292. The number of likely N-dealkylation sites (tertiary alicyclic amines) is 1. The summed E-state index contributed by atoms with van der Waals surface area (Å²) in [5, 5.41) is 10.7. The third-order valence-corrected chi connectivity index (χ3v) is 9.90. The summed E-state index contributed by atoms with van der Waals surface area (Å²) in [6.07, 6.45) is 2.51. The van der Waals surface area contributed by atoms with Crippen LogP contribution in [0, 0.1) is 17.8 Å². The highest BCUT2D eigenvalue weighted by Crippen LogP contribution is 2.65. The van der Waals surface area contributed by atoms with Crippen LogP contribution >= 0.6 is 0 Å². The molecule has 4 aliphatic heterocycles. The van der Waals surface area contributed by atoms with Crippen LogP contribution in [-0.4, -0.2) is 120 Å². The van der Waals surface area contributed by atoms with E-state index in [2.05, 4.69) is 11.5 Å². The number of aliphatic hydroxyl groups is 1. The van der Waals surface area contributed by atoms with Crippen molar-refractivity contribution in [2.24, 2.45) is 17.8 Å². The van der Waals surface area contributed by atoms with Gasteiger partial charge in [-0.1, -0.05) is 43.3 Å². The van der Waals surface area contributed by atoms with Gasteiger partial charge >= 0.3 is 5.97 Å². The molecule has 3 unspecified atom stereocenters. The number of benzene rings is 1. The van der Waals surface area contributed by atoms with Crippen molar-refractivity contribution in [1.82, 2.24) is 14.7 Å². The van der Waals surface area contributed by atoms with Gasteiger partial charge in [0, 0.05) is 32.7 Å². The Morgan fingerprint density at radius 1 is 1.26 bits per heavy atom. The number of amides is 2. The minimum Gasteiger partial charge on any atom is -0.466 e. The van der Waals surface area contributed by atoms with E-state index >= 15 is 0 Å². The number of ether oxygens (including phenoxy) is 3. The SMILES string of the molecule is C=CCN(CCN1CCOCC1)C(=O)C1N([C@@H](CO)Cc2ccccc2)C(=O)[C@@H]2[C@H](C(=O)OCC)[C@@]3(C)OC12CC3C. The number of carbonyl (C=O) groups is 3. The number of esters is 1. The lowest BCUT2D eigenvalue weighted by Crippen LogP contribution is -2.60. The summed E-state index contributed by atoms with van der Waals surface area (Å²) < 4.78 is 17.8. The van der Waals surface area contributed by atoms with Crippen molar-refractivity contribution in [3.63, 3.8) is 0 Å². The first-order valence-corrected chi connectivity index (χ1v) is 15.2. The zero-order chi connectivity index (χ0) is 30.1. The summed E-state index contributed by atoms with van der Waals surface area (Å²) >= 11 is 0. The third-order valence-electron chi connectivity index (χ3n) is 9.90. The van der Waals surface area contributed by atoms with E-state index in [4.69, 9.17) is 14.2 Å². The first-order valence-electron chi connectivity index (χ1n) is 15.2. The topological polar surface area (TPSA) is 109 Å². The van der Waals surface area contributed by atoms with Gasteiger partial charge in [-0.05, 0) is 38.2 Å². The molecule has 1 aromatic carbocycles. The molecule has 42 heavy (non-hydrogen) atoms. The zero-order valence-electron chi connectivity index (χ0n) is 25.1. The molecular formula is C32H45N3O7. The number of rotatable bonds is 12. The summed E-state index contributed by atoms with van der Waals surface area (Å²) in [6, 6.07) is 7.95. The van der Waals surface area contributed by atoms with E-state index in [1.807, 2.05) is 44.2 Å². The standard InChI is InChI=1S/C32H45N3O7/c1-5-12-34(14-13-33-15-17-40-18-16-33)29(38)27-32-20-22(3)31(4,42-32)26(30(39)41-6-2)25(32)28(37)35(27)24(21-36)19-23-10-8-7-9-11-23/h5,7-11,22,24-27,36H,1,6,12-21H2,2-4H3/t22?,24-,25+,26-,27?,31+,32?/m1/s1. The number of carbonyl (C=O) groups excluding carboxylic acids is 3. The Balaban J connectivity index is 1.54. The molecule has 2 bridgehead atoms. The van der Waals surface area contributed by atoms with Gasteiger partial charge in [0.2, 0.25) is 11.8 Å². The normalized spacial score (nSPS) is 33.0. The van der Waals surface area contributed by atoms with Crippen LogP contribution in [0.1, 0.15) is 32.8 Å². The van der Waals surface area contributed by atoms with E-state index in [-0.39, 0.29) is 30.9 Å². The minimum absolute atomic E-state index is 0.0888. The Labute approximate surface area is 248 Å². The fourth-order valence-electron chi connectivity index (χ4n) is 7.78. The summed E-state index contributed by atoms with van der Waals surface area (Å²) in [5.41, 5.74) is -1.21. The smallest absolute Gasteiger partial charge is 0.312 e. The number of morpholine rings is 1. The van der Waals surface area contributed by atoms with Gasteiger partial charge in [-0.3, -0.25) is 19.3 Å². The zero-order valence-corrected chi connectivity index (χ0v) is 25.1. The minimum atomic E-state index is -1.21. The molecule has 10 nitrogen and oxygen atoms in total. The Hall–Kier alpha value is -2.79. The number of nitrogens with zero attached hydrogens (tertiary/aromatic N) is 3. The Morgan fingerprint density at radius 3 is 2.62 bits per heavy atom. The first kappa shape index (κ1) is 30.7. The third kappa shape index (κ3) is 5.16. The molecule has 0 aliphatic carbocycles. The lowest BCUT2D eigenvalue weighted by molar-refractivity contribution is -0.163. The van der Waals surface area contributed by atoms with Crippen LogP contribution in [0.25, 0.3) is 0 Å². The van der Waals surface area contributed by atoms with Gasteiger partial charge in [-0.15, -0.1) is 6.58 Å². The maximum atomic E-state index is 14.7. The summed E-state index contributed by atoms with van der Waals surface area (Å²) in [4.78, 5) is 48.3. The lowest BCUT2D eigenvalue weighted by atomic mass is 9.62. The molecule has 2 amide bonds. The van der Waals surface area contributed by atoms with Crippen molar-refractivity contribution in [3.05, 3.63) is 48.6 Å². The summed E-state index contributed by atoms with van der Waals surface area (Å²) in [6.45, 7) is 13.7. The molecule has 7 atom stereocenters. The molecule has 4 saturated heterocycles. The van der Waals surface area contributed by atoms with E-state index in [0.29, 0.717) is 45.7 Å². The van der Waals surface area contributed by atoms with Gasteiger partial charge in [0.15, 0.2) is 0 Å². The van der Waals surface area contributed by atoms with Crippen LogP contribution in [0.4, 0.5) is 0 Å². The fourth-order valence-corrected chi connectivity index (χ4v) is 7.78. The molecule has 4 fully saturated rings. The number of aliphatic hydroxyl groups excluding tert-OH is 1. The molecule has 10 heteroatoms. The van der Waals surface area contributed by atoms with Gasteiger partial charge in [-0.25, -0.2) is 0 Å². The monoisotopic (exact) mass is 583 g/mol. The number of hydrogen-bond donors (Lipinski definition) is 1. The van der Waals surface area contributed by atoms with Crippen molar-refractivity contribution in [2.45, 2.75) is 56.9 Å². The highest BCUT2D eigenvalue weighted by Gasteiger charge is 2.80. The molecule has 0 aromatic heterocycles. The van der Waals surface area contributed by atoms with Crippen LogP contribution in [0.15, 0.2) is 43.0 Å². The van der Waals surface area contributed by atoms with E-state index < -0.39 is 41.1 Å². The Morgan fingerprint density at radius 2 is 1.98 bits per heavy atom. The lowest BCUT2D eigenvalue weighted by Gasteiger charge is -2.40. The van der Waals surface area contributed by atoms with Gasteiger partial charge in [0.25, 0.3) is 0 Å². The van der Waals surface area contributed by atoms with Crippen LogP contribution in [0.2, 0.25) is 0 Å². The molecule has 0 radical (unpaired) electrons. The van der Waals surface area contributed by atoms with E-state index in [9.17, 15) is 19.5 Å². The summed E-state index contributed by atoms with van der Waals surface area (Å²) in [7, 11) is 0. The molecule has 4 heterocycles. The second-order valence-electron chi connectivity index (χ2n) is 12.3. The van der Waals surface area contributed by atoms with E-state index in [1.165, 1.54) is 0 Å². The molecule has 5 rings (SSSR count).